The van der Waals surface area contributed by atoms with Gasteiger partial charge in [0.2, 0.25) is 0 Å². The topological polar surface area (TPSA) is 48.1 Å². The molecule has 0 aliphatic carbocycles. The summed E-state index contributed by atoms with van der Waals surface area (Å²) in [6.07, 6.45) is 8.62. The van der Waals surface area contributed by atoms with Crippen LogP contribution < -0.4 is 10.5 Å². The maximum atomic E-state index is 13.7. The Morgan fingerprint density at radius 3 is 2.67 bits per heavy atom. The van der Waals surface area contributed by atoms with Crippen molar-refractivity contribution in [3.05, 3.63) is 23.6 Å². The van der Waals surface area contributed by atoms with Crippen LogP contribution in [0.4, 0.5) is 4.39 Å². The summed E-state index contributed by atoms with van der Waals surface area (Å²) in [5, 5.41) is 0. The van der Waals surface area contributed by atoms with E-state index in [0.29, 0.717) is 12.2 Å². The van der Waals surface area contributed by atoms with E-state index in [1.807, 2.05) is 0 Å². The predicted octanol–water partition coefficient (Wildman–Crippen LogP) is 3.42. The Kier molecular flexibility index (Phi) is 7.34. The molecule has 0 aromatic carbocycles. The molecule has 0 saturated carbocycles. The van der Waals surface area contributed by atoms with Gasteiger partial charge in [-0.3, -0.25) is 0 Å². The lowest BCUT2D eigenvalue weighted by Crippen LogP contribution is -2.06. The van der Waals surface area contributed by atoms with E-state index in [9.17, 15) is 4.39 Å². The van der Waals surface area contributed by atoms with E-state index in [1.165, 1.54) is 31.9 Å². The van der Waals surface area contributed by atoms with Crippen LogP contribution in [0.5, 0.6) is 5.88 Å². The lowest BCUT2D eigenvalue weighted by molar-refractivity contribution is 0.277. The third-order valence-electron chi connectivity index (χ3n) is 2.89. The van der Waals surface area contributed by atoms with Gasteiger partial charge in [0.05, 0.1) is 6.61 Å². The summed E-state index contributed by atoms with van der Waals surface area (Å²) in [7, 11) is 0. The van der Waals surface area contributed by atoms with Crippen LogP contribution in [0.15, 0.2) is 12.3 Å². The Hall–Kier alpha value is -1.16. The molecule has 1 rings (SSSR count). The van der Waals surface area contributed by atoms with Crippen molar-refractivity contribution in [3.8, 4) is 5.88 Å². The van der Waals surface area contributed by atoms with Gasteiger partial charge in [-0.1, -0.05) is 39.0 Å². The molecule has 1 aromatic rings. The van der Waals surface area contributed by atoms with Crippen LogP contribution in [0.25, 0.3) is 0 Å². The van der Waals surface area contributed by atoms with E-state index in [4.69, 9.17) is 10.5 Å². The number of hydrogen-bond donors (Lipinski definition) is 1. The number of nitrogens with two attached hydrogens (primary N) is 1. The van der Waals surface area contributed by atoms with Crippen molar-refractivity contribution in [2.75, 3.05) is 6.61 Å². The fourth-order valence-electron chi connectivity index (χ4n) is 1.77. The monoisotopic (exact) mass is 254 g/mol. The third kappa shape index (κ3) is 5.00. The average Bonchev–Trinajstić information content (AvgIpc) is 2.39. The molecule has 0 atom stereocenters. The van der Waals surface area contributed by atoms with Crippen LogP contribution in [-0.2, 0) is 6.54 Å². The number of halogens is 1. The SMILES string of the molecule is CCCCCCCCOc1nccc(CN)c1F. The number of nitrogens with zero attached hydrogens (tertiary/aromatic N) is 1. The number of aromatic nitrogens is 1. The predicted molar refractivity (Wildman–Crippen MR) is 71.0 cm³/mol. The van der Waals surface area contributed by atoms with Crippen molar-refractivity contribution in [3.63, 3.8) is 0 Å². The average molecular weight is 254 g/mol. The first-order chi connectivity index (χ1) is 8.79. The molecule has 0 radical (unpaired) electrons. The normalized spacial score (nSPS) is 10.6. The minimum absolute atomic E-state index is 0.0755. The molecule has 4 heteroatoms. The summed E-state index contributed by atoms with van der Waals surface area (Å²) in [5.74, 6) is -0.350. The number of hydrogen-bond acceptors (Lipinski definition) is 3. The molecule has 0 bridgehead atoms. The van der Waals surface area contributed by atoms with E-state index in [-0.39, 0.29) is 12.4 Å². The smallest absolute Gasteiger partial charge is 0.250 e. The van der Waals surface area contributed by atoms with Gasteiger partial charge in [-0.15, -0.1) is 0 Å². The molecule has 0 spiro atoms. The molecule has 0 aliphatic rings. The Labute approximate surface area is 109 Å². The van der Waals surface area contributed by atoms with Crippen molar-refractivity contribution in [1.82, 2.24) is 4.98 Å². The highest BCUT2D eigenvalue weighted by Gasteiger charge is 2.08. The lowest BCUT2D eigenvalue weighted by Gasteiger charge is -2.08. The molecule has 102 valence electrons. The Balaban J connectivity index is 2.23. The second-order valence-electron chi connectivity index (χ2n) is 4.41. The van der Waals surface area contributed by atoms with Gasteiger partial charge < -0.3 is 10.5 Å². The second kappa shape index (κ2) is 8.86. The Morgan fingerprint density at radius 2 is 1.94 bits per heavy atom. The summed E-state index contributed by atoms with van der Waals surface area (Å²) in [6.45, 7) is 2.88. The van der Waals surface area contributed by atoms with E-state index in [0.717, 1.165) is 12.8 Å². The summed E-state index contributed by atoms with van der Waals surface area (Å²) in [4.78, 5) is 3.88. The summed E-state index contributed by atoms with van der Waals surface area (Å²) in [5.41, 5.74) is 5.87. The largest absolute Gasteiger partial charge is 0.476 e. The van der Waals surface area contributed by atoms with E-state index in [1.54, 1.807) is 6.07 Å². The molecule has 18 heavy (non-hydrogen) atoms. The van der Waals surface area contributed by atoms with Crippen LogP contribution in [0.2, 0.25) is 0 Å². The summed E-state index contributed by atoms with van der Waals surface area (Å²) >= 11 is 0. The molecule has 0 fully saturated rings. The maximum absolute atomic E-state index is 13.7. The highest BCUT2D eigenvalue weighted by atomic mass is 19.1. The standard InChI is InChI=1S/C14H23FN2O/c1-2-3-4-5-6-7-10-18-14-13(15)12(11-16)8-9-17-14/h8-9H,2-7,10-11,16H2,1H3. The van der Waals surface area contributed by atoms with Gasteiger partial charge in [-0.05, 0) is 12.5 Å². The van der Waals surface area contributed by atoms with Gasteiger partial charge in [0, 0.05) is 18.3 Å². The third-order valence-corrected chi connectivity index (χ3v) is 2.89. The van der Waals surface area contributed by atoms with Crippen molar-refractivity contribution in [2.45, 2.75) is 52.0 Å². The Bertz CT molecular complexity index is 345. The van der Waals surface area contributed by atoms with Crippen molar-refractivity contribution >= 4 is 0 Å². The van der Waals surface area contributed by atoms with Gasteiger partial charge in [-0.25, -0.2) is 9.37 Å². The first kappa shape index (κ1) is 14.9. The van der Waals surface area contributed by atoms with Crippen LogP contribution in [0, 0.1) is 5.82 Å². The zero-order chi connectivity index (χ0) is 13.2. The zero-order valence-corrected chi connectivity index (χ0v) is 11.1. The van der Waals surface area contributed by atoms with E-state index >= 15 is 0 Å². The van der Waals surface area contributed by atoms with Gasteiger partial charge in [0.25, 0.3) is 5.88 Å². The van der Waals surface area contributed by atoms with E-state index in [2.05, 4.69) is 11.9 Å². The number of unbranched alkanes of at least 4 members (excludes halogenated alkanes) is 5. The summed E-state index contributed by atoms with van der Waals surface area (Å²) in [6, 6.07) is 1.58. The fourth-order valence-corrected chi connectivity index (χ4v) is 1.77. The minimum atomic E-state index is -0.425. The molecule has 0 unspecified atom stereocenters. The van der Waals surface area contributed by atoms with Crippen molar-refractivity contribution < 1.29 is 9.13 Å². The van der Waals surface area contributed by atoms with E-state index < -0.39 is 5.82 Å². The molecule has 1 aromatic heterocycles. The maximum Gasteiger partial charge on any atom is 0.250 e. The summed E-state index contributed by atoms with van der Waals surface area (Å²) < 4.78 is 19.0. The highest BCUT2D eigenvalue weighted by Crippen LogP contribution is 2.17. The van der Waals surface area contributed by atoms with Crippen LogP contribution >= 0.6 is 0 Å². The Morgan fingerprint density at radius 1 is 1.22 bits per heavy atom. The van der Waals surface area contributed by atoms with Crippen molar-refractivity contribution in [2.24, 2.45) is 5.73 Å². The second-order valence-corrected chi connectivity index (χ2v) is 4.41. The van der Waals surface area contributed by atoms with Gasteiger partial charge in [0.15, 0.2) is 5.82 Å². The number of ether oxygens (including phenoxy) is 1. The lowest BCUT2D eigenvalue weighted by atomic mass is 10.1. The molecular weight excluding hydrogens is 231 g/mol. The number of pyridine rings is 1. The first-order valence-electron chi connectivity index (χ1n) is 6.75. The highest BCUT2D eigenvalue weighted by molar-refractivity contribution is 5.23. The van der Waals surface area contributed by atoms with Crippen LogP contribution in [0.1, 0.15) is 51.0 Å². The first-order valence-corrected chi connectivity index (χ1v) is 6.75. The molecular formula is C14H23FN2O. The molecule has 3 nitrogen and oxygen atoms in total. The zero-order valence-electron chi connectivity index (χ0n) is 11.1. The molecule has 1 heterocycles. The molecule has 2 N–H and O–H groups in total. The molecule has 0 amide bonds. The van der Waals surface area contributed by atoms with Crippen LogP contribution in [-0.4, -0.2) is 11.6 Å². The fraction of sp³-hybridized carbons (Fsp3) is 0.643. The van der Waals surface area contributed by atoms with Gasteiger partial charge in [0.1, 0.15) is 0 Å². The molecule has 0 aliphatic heterocycles. The molecule has 0 saturated heterocycles. The van der Waals surface area contributed by atoms with Gasteiger partial charge in [-0.2, -0.15) is 0 Å². The van der Waals surface area contributed by atoms with Crippen molar-refractivity contribution in [1.29, 1.82) is 0 Å². The van der Waals surface area contributed by atoms with Crippen LogP contribution in [0.3, 0.4) is 0 Å². The quantitative estimate of drug-likeness (QED) is 0.687. The number of rotatable bonds is 9. The van der Waals surface area contributed by atoms with Gasteiger partial charge >= 0.3 is 0 Å². The minimum Gasteiger partial charge on any atom is -0.476 e.